The fraction of sp³-hybridized carbons (Fsp3) is 0.308. The maximum atomic E-state index is 11.5. The van der Waals surface area contributed by atoms with Gasteiger partial charge in [0.15, 0.2) is 0 Å². The van der Waals surface area contributed by atoms with Crippen LogP contribution in [0.1, 0.15) is 18.7 Å². The summed E-state index contributed by atoms with van der Waals surface area (Å²) in [7, 11) is 0. The van der Waals surface area contributed by atoms with E-state index in [1.54, 1.807) is 12.4 Å². The highest BCUT2D eigenvalue weighted by molar-refractivity contribution is 5.90. The van der Waals surface area contributed by atoms with Crippen LogP contribution >= 0.6 is 0 Å². The Labute approximate surface area is 111 Å². The molecule has 100 valence electrons. The summed E-state index contributed by atoms with van der Waals surface area (Å²) >= 11 is 0. The van der Waals surface area contributed by atoms with E-state index in [2.05, 4.69) is 15.3 Å². The van der Waals surface area contributed by atoms with Crippen LogP contribution in [-0.2, 0) is 4.79 Å². The van der Waals surface area contributed by atoms with Crippen LogP contribution < -0.4 is 11.1 Å². The number of pyridine rings is 1. The third-order valence-corrected chi connectivity index (χ3v) is 2.71. The van der Waals surface area contributed by atoms with Crippen molar-refractivity contribution in [3.8, 4) is 5.82 Å². The summed E-state index contributed by atoms with van der Waals surface area (Å²) in [6.45, 7) is 2.43. The number of anilines is 1. The van der Waals surface area contributed by atoms with Crippen LogP contribution in [0.2, 0.25) is 0 Å². The second-order valence-corrected chi connectivity index (χ2v) is 4.19. The molecule has 2 heterocycles. The van der Waals surface area contributed by atoms with Crippen LogP contribution in [0.25, 0.3) is 5.82 Å². The van der Waals surface area contributed by atoms with E-state index in [1.807, 2.05) is 29.8 Å². The van der Waals surface area contributed by atoms with Crippen molar-refractivity contribution in [3.05, 3.63) is 36.5 Å². The summed E-state index contributed by atoms with van der Waals surface area (Å²) in [5, 5.41) is 2.78. The number of carbonyl (C=O) groups is 1. The Morgan fingerprint density at radius 1 is 1.42 bits per heavy atom. The quantitative estimate of drug-likeness (QED) is 0.846. The lowest BCUT2D eigenvalue weighted by Gasteiger charge is -2.07. The molecule has 3 N–H and O–H groups in total. The molecule has 0 bridgehead atoms. The van der Waals surface area contributed by atoms with Crippen LogP contribution in [0.3, 0.4) is 0 Å². The number of amides is 1. The molecule has 0 spiro atoms. The van der Waals surface area contributed by atoms with Gasteiger partial charge in [0.2, 0.25) is 5.91 Å². The largest absolute Gasteiger partial charge is 0.330 e. The first kappa shape index (κ1) is 13.2. The molecule has 0 atom stereocenters. The zero-order chi connectivity index (χ0) is 13.7. The van der Waals surface area contributed by atoms with Crippen molar-refractivity contribution in [2.75, 3.05) is 11.9 Å². The number of nitrogens with two attached hydrogens (primary N) is 1. The zero-order valence-corrected chi connectivity index (χ0v) is 10.8. The Morgan fingerprint density at radius 3 is 2.84 bits per heavy atom. The van der Waals surface area contributed by atoms with Gasteiger partial charge in [0.25, 0.3) is 0 Å². The van der Waals surface area contributed by atoms with Gasteiger partial charge >= 0.3 is 0 Å². The third-order valence-electron chi connectivity index (χ3n) is 2.71. The standard InChI is InChI=1S/C13H17N5O/c1-10-15-7-8-18(10)12-5-4-11(9-16-12)17-13(19)3-2-6-14/h4-5,7-9H,2-3,6,14H2,1H3,(H,17,19). The lowest BCUT2D eigenvalue weighted by atomic mass is 10.3. The monoisotopic (exact) mass is 259 g/mol. The number of aromatic nitrogens is 3. The van der Waals surface area contributed by atoms with Crippen LogP contribution in [0.4, 0.5) is 5.69 Å². The third kappa shape index (κ3) is 3.38. The summed E-state index contributed by atoms with van der Waals surface area (Å²) < 4.78 is 1.88. The maximum Gasteiger partial charge on any atom is 0.224 e. The van der Waals surface area contributed by atoms with Crippen LogP contribution in [0.15, 0.2) is 30.7 Å². The first-order valence-corrected chi connectivity index (χ1v) is 6.17. The molecule has 6 heteroatoms. The maximum absolute atomic E-state index is 11.5. The van der Waals surface area contributed by atoms with E-state index in [-0.39, 0.29) is 5.91 Å². The van der Waals surface area contributed by atoms with E-state index in [1.165, 1.54) is 0 Å². The van der Waals surface area contributed by atoms with Crippen LogP contribution in [0.5, 0.6) is 0 Å². The smallest absolute Gasteiger partial charge is 0.224 e. The molecule has 2 aromatic rings. The van der Waals surface area contributed by atoms with E-state index >= 15 is 0 Å². The number of nitrogens with one attached hydrogen (secondary N) is 1. The Kier molecular flexibility index (Phi) is 4.25. The SMILES string of the molecule is Cc1nccn1-c1ccc(NC(=O)CCCN)cn1. The summed E-state index contributed by atoms with van der Waals surface area (Å²) in [5.74, 6) is 1.60. The number of rotatable bonds is 5. The molecule has 0 aliphatic carbocycles. The van der Waals surface area contributed by atoms with Gasteiger partial charge in [-0.15, -0.1) is 0 Å². The van der Waals surface area contributed by atoms with Gasteiger partial charge < -0.3 is 11.1 Å². The second-order valence-electron chi connectivity index (χ2n) is 4.19. The van der Waals surface area contributed by atoms with Gasteiger partial charge in [0.05, 0.1) is 11.9 Å². The fourth-order valence-electron chi connectivity index (χ4n) is 1.71. The van der Waals surface area contributed by atoms with E-state index in [0.717, 1.165) is 11.6 Å². The first-order valence-electron chi connectivity index (χ1n) is 6.17. The average Bonchev–Trinajstić information content (AvgIpc) is 2.83. The number of hydrogen-bond acceptors (Lipinski definition) is 4. The molecule has 2 rings (SSSR count). The van der Waals surface area contributed by atoms with Crippen LogP contribution in [-0.4, -0.2) is 27.0 Å². The normalized spacial score (nSPS) is 10.4. The predicted molar refractivity (Wildman–Crippen MR) is 73.0 cm³/mol. The Balaban J connectivity index is 2.03. The summed E-state index contributed by atoms with van der Waals surface area (Å²) in [4.78, 5) is 20.0. The van der Waals surface area contributed by atoms with Crippen molar-refractivity contribution >= 4 is 11.6 Å². The molecular weight excluding hydrogens is 242 g/mol. The highest BCUT2D eigenvalue weighted by Gasteiger charge is 2.04. The van der Waals surface area contributed by atoms with Gasteiger partial charge in [0, 0.05) is 18.8 Å². The molecule has 0 saturated carbocycles. The number of nitrogens with zero attached hydrogens (tertiary/aromatic N) is 3. The number of hydrogen-bond donors (Lipinski definition) is 2. The van der Waals surface area contributed by atoms with E-state index in [0.29, 0.717) is 25.1 Å². The minimum absolute atomic E-state index is 0.0428. The Morgan fingerprint density at radius 2 is 2.26 bits per heavy atom. The molecule has 0 aromatic carbocycles. The van der Waals surface area contributed by atoms with Gasteiger partial charge in [-0.25, -0.2) is 9.97 Å². The lowest BCUT2D eigenvalue weighted by molar-refractivity contribution is -0.116. The topological polar surface area (TPSA) is 85.8 Å². The minimum Gasteiger partial charge on any atom is -0.330 e. The molecular formula is C13H17N5O. The van der Waals surface area contributed by atoms with E-state index in [9.17, 15) is 4.79 Å². The molecule has 2 aromatic heterocycles. The average molecular weight is 259 g/mol. The van der Waals surface area contributed by atoms with Gasteiger partial charge in [-0.2, -0.15) is 0 Å². The van der Waals surface area contributed by atoms with E-state index in [4.69, 9.17) is 5.73 Å². The molecule has 6 nitrogen and oxygen atoms in total. The zero-order valence-electron chi connectivity index (χ0n) is 10.8. The van der Waals surface area contributed by atoms with Crippen molar-refractivity contribution in [2.24, 2.45) is 5.73 Å². The Bertz CT molecular complexity index is 546. The molecule has 0 aliphatic rings. The number of carbonyl (C=O) groups excluding carboxylic acids is 1. The molecule has 0 aliphatic heterocycles. The predicted octanol–water partition coefficient (Wildman–Crippen LogP) is 1.25. The number of imidazole rings is 1. The summed E-state index contributed by atoms with van der Waals surface area (Å²) in [6, 6.07) is 3.66. The molecule has 0 radical (unpaired) electrons. The molecule has 0 saturated heterocycles. The fourth-order valence-corrected chi connectivity index (χ4v) is 1.71. The lowest BCUT2D eigenvalue weighted by Crippen LogP contribution is -2.13. The highest BCUT2D eigenvalue weighted by atomic mass is 16.1. The molecule has 0 fully saturated rings. The van der Waals surface area contributed by atoms with E-state index < -0.39 is 0 Å². The van der Waals surface area contributed by atoms with Crippen molar-refractivity contribution in [2.45, 2.75) is 19.8 Å². The minimum atomic E-state index is -0.0428. The second kappa shape index (κ2) is 6.10. The van der Waals surface area contributed by atoms with Gasteiger partial charge in [-0.3, -0.25) is 9.36 Å². The highest BCUT2D eigenvalue weighted by Crippen LogP contribution is 2.11. The van der Waals surface area contributed by atoms with Gasteiger partial charge in [-0.05, 0) is 32.0 Å². The summed E-state index contributed by atoms with van der Waals surface area (Å²) in [5.41, 5.74) is 6.04. The molecule has 19 heavy (non-hydrogen) atoms. The van der Waals surface area contributed by atoms with Crippen LogP contribution in [0, 0.1) is 6.92 Å². The summed E-state index contributed by atoms with van der Waals surface area (Å²) in [6.07, 6.45) is 6.32. The van der Waals surface area contributed by atoms with Crippen molar-refractivity contribution in [1.82, 2.24) is 14.5 Å². The number of aryl methyl sites for hydroxylation is 1. The Hall–Kier alpha value is -2.21. The van der Waals surface area contributed by atoms with Gasteiger partial charge in [-0.1, -0.05) is 0 Å². The van der Waals surface area contributed by atoms with Crippen molar-refractivity contribution in [3.63, 3.8) is 0 Å². The van der Waals surface area contributed by atoms with Gasteiger partial charge in [0.1, 0.15) is 11.6 Å². The molecule has 1 amide bonds. The van der Waals surface area contributed by atoms with Crippen molar-refractivity contribution in [1.29, 1.82) is 0 Å². The van der Waals surface area contributed by atoms with Crippen molar-refractivity contribution < 1.29 is 4.79 Å². The molecule has 0 unspecified atom stereocenters. The first-order chi connectivity index (χ1) is 9.20.